The standard InChI is InChI=1S/C22H33N3O3/c1-3-4-11-18(14-26)24-22(27)20-16(2)23-21-19(12-8-13-25(20)21)28-15-17-9-6-5-7-10-17/h8,12-13,17-18,26H,3-7,9-11,14-15H2,1-2H3,(H,24,27). The normalized spacial score (nSPS) is 16.2. The van der Waals surface area contributed by atoms with Crippen molar-refractivity contribution >= 4 is 11.6 Å². The first-order valence-corrected chi connectivity index (χ1v) is 10.7. The Labute approximate surface area is 167 Å². The molecule has 1 amide bonds. The van der Waals surface area contributed by atoms with Crippen LogP contribution in [0.5, 0.6) is 5.75 Å². The molecule has 0 bridgehead atoms. The molecule has 0 aromatic carbocycles. The summed E-state index contributed by atoms with van der Waals surface area (Å²) in [6, 6.07) is 3.58. The average molecular weight is 388 g/mol. The highest BCUT2D eigenvalue weighted by Crippen LogP contribution is 2.27. The van der Waals surface area contributed by atoms with Gasteiger partial charge in [0.15, 0.2) is 11.4 Å². The van der Waals surface area contributed by atoms with Gasteiger partial charge in [-0.15, -0.1) is 0 Å². The van der Waals surface area contributed by atoms with Gasteiger partial charge in [0.2, 0.25) is 0 Å². The summed E-state index contributed by atoms with van der Waals surface area (Å²) in [6.07, 6.45) is 11.0. The number of nitrogens with one attached hydrogen (secondary N) is 1. The lowest BCUT2D eigenvalue weighted by atomic mass is 9.90. The molecule has 0 aliphatic heterocycles. The van der Waals surface area contributed by atoms with Crippen molar-refractivity contribution < 1.29 is 14.6 Å². The lowest BCUT2D eigenvalue weighted by molar-refractivity contribution is 0.0905. The predicted molar refractivity (Wildman–Crippen MR) is 110 cm³/mol. The fourth-order valence-electron chi connectivity index (χ4n) is 4.02. The average Bonchev–Trinajstić information content (AvgIpc) is 3.06. The number of nitrogens with zero attached hydrogens (tertiary/aromatic N) is 2. The van der Waals surface area contributed by atoms with Crippen LogP contribution in [0.25, 0.3) is 5.65 Å². The van der Waals surface area contributed by atoms with Crippen molar-refractivity contribution in [2.24, 2.45) is 5.92 Å². The van der Waals surface area contributed by atoms with E-state index in [1.54, 1.807) is 4.40 Å². The van der Waals surface area contributed by atoms with E-state index in [0.29, 0.717) is 29.6 Å². The summed E-state index contributed by atoms with van der Waals surface area (Å²) in [5.74, 6) is 1.13. The minimum atomic E-state index is -0.233. The SMILES string of the molecule is CCCCC(CO)NC(=O)c1c(C)nc2c(OCC3CCCCC3)cccn12. The maximum absolute atomic E-state index is 12.9. The minimum Gasteiger partial charge on any atom is -0.489 e. The third kappa shape index (κ3) is 4.85. The Hall–Kier alpha value is -2.08. The zero-order valence-corrected chi connectivity index (χ0v) is 17.1. The molecular formula is C22H33N3O3. The molecule has 6 nitrogen and oxygen atoms in total. The van der Waals surface area contributed by atoms with Gasteiger partial charge in [-0.1, -0.05) is 39.0 Å². The Balaban J connectivity index is 1.76. The molecule has 2 N–H and O–H groups in total. The number of rotatable bonds is 9. The van der Waals surface area contributed by atoms with Crippen LogP contribution in [0.2, 0.25) is 0 Å². The van der Waals surface area contributed by atoms with E-state index >= 15 is 0 Å². The molecule has 6 heteroatoms. The smallest absolute Gasteiger partial charge is 0.270 e. The van der Waals surface area contributed by atoms with Crippen LogP contribution in [0.4, 0.5) is 0 Å². The predicted octanol–water partition coefficient (Wildman–Crippen LogP) is 3.88. The van der Waals surface area contributed by atoms with Gasteiger partial charge >= 0.3 is 0 Å². The topological polar surface area (TPSA) is 75.9 Å². The van der Waals surface area contributed by atoms with Crippen molar-refractivity contribution in [1.82, 2.24) is 14.7 Å². The first kappa shape index (κ1) is 20.6. The van der Waals surface area contributed by atoms with E-state index in [-0.39, 0.29) is 18.6 Å². The second kappa shape index (κ2) is 9.92. The van der Waals surface area contributed by atoms with Crippen molar-refractivity contribution in [3.8, 4) is 5.75 Å². The number of hydrogen-bond donors (Lipinski definition) is 2. The Morgan fingerprint density at radius 1 is 1.39 bits per heavy atom. The highest BCUT2D eigenvalue weighted by molar-refractivity contribution is 5.95. The second-order valence-electron chi connectivity index (χ2n) is 7.92. The van der Waals surface area contributed by atoms with Crippen LogP contribution in [0, 0.1) is 12.8 Å². The molecule has 2 aromatic heterocycles. The monoisotopic (exact) mass is 387 g/mol. The van der Waals surface area contributed by atoms with Gasteiger partial charge in [-0.3, -0.25) is 9.20 Å². The minimum absolute atomic E-state index is 0.0583. The molecule has 1 aliphatic carbocycles. The van der Waals surface area contributed by atoms with E-state index in [2.05, 4.69) is 17.2 Å². The summed E-state index contributed by atoms with van der Waals surface area (Å²) in [7, 11) is 0. The number of imidazole rings is 1. The quantitative estimate of drug-likeness (QED) is 0.685. The van der Waals surface area contributed by atoms with Gasteiger partial charge in [-0.05, 0) is 44.2 Å². The van der Waals surface area contributed by atoms with Gasteiger partial charge in [0.25, 0.3) is 5.91 Å². The molecule has 0 spiro atoms. The van der Waals surface area contributed by atoms with E-state index in [1.807, 2.05) is 25.3 Å². The number of fused-ring (bicyclic) bond motifs is 1. The summed E-state index contributed by atoms with van der Waals surface area (Å²) in [5, 5.41) is 12.5. The number of aromatic nitrogens is 2. The van der Waals surface area contributed by atoms with Gasteiger partial charge < -0.3 is 15.2 Å². The van der Waals surface area contributed by atoms with E-state index < -0.39 is 0 Å². The summed E-state index contributed by atoms with van der Waals surface area (Å²) in [6.45, 7) is 4.58. The van der Waals surface area contributed by atoms with Crippen molar-refractivity contribution in [3.63, 3.8) is 0 Å². The van der Waals surface area contributed by atoms with Crippen molar-refractivity contribution in [2.45, 2.75) is 71.3 Å². The molecule has 3 rings (SSSR count). The molecule has 28 heavy (non-hydrogen) atoms. The van der Waals surface area contributed by atoms with Gasteiger partial charge in [0.05, 0.1) is 24.9 Å². The Morgan fingerprint density at radius 3 is 2.89 bits per heavy atom. The van der Waals surface area contributed by atoms with Crippen LogP contribution >= 0.6 is 0 Å². The van der Waals surface area contributed by atoms with Crippen LogP contribution < -0.4 is 10.1 Å². The summed E-state index contributed by atoms with van der Waals surface area (Å²) in [5.41, 5.74) is 1.85. The first-order valence-electron chi connectivity index (χ1n) is 10.7. The maximum atomic E-state index is 12.9. The molecule has 1 saturated carbocycles. The number of aliphatic hydroxyl groups excluding tert-OH is 1. The van der Waals surface area contributed by atoms with Crippen molar-refractivity contribution in [2.75, 3.05) is 13.2 Å². The molecule has 2 heterocycles. The highest BCUT2D eigenvalue weighted by Gasteiger charge is 2.22. The van der Waals surface area contributed by atoms with Gasteiger partial charge in [0.1, 0.15) is 5.69 Å². The van der Waals surface area contributed by atoms with E-state index in [9.17, 15) is 9.90 Å². The largest absolute Gasteiger partial charge is 0.489 e. The van der Waals surface area contributed by atoms with Crippen molar-refractivity contribution in [1.29, 1.82) is 0 Å². The lowest BCUT2D eigenvalue weighted by Crippen LogP contribution is -2.38. The van der Waals surface area contributed by atoms with Crippen LogP contribution in [0.3, 0.4) is 0 Å². The van der Waals surface area contributed by atoms with Crippen molar-refractivity contribution in [3.05, 3.63) is 29.7 Å². The number of hydrogen-bond acceptors (Lipinski definition) is 4. The third-order valence-corrected chi connectivity index (χ3v) is 5.66. The molecule has 1 unspecified atom stereocenters. The number of aryl methyl sites for hydroxylation is 1. The number of carbonyl (C=O) groups excluding carboxylic acids is 1. The number of amides is 1. The van der Waals surface area contributed by atoms with Gasteiger partial charge in [-0.2, -0.15) is 0 Å². The summed E-state index contributed by atoms with van der Waals surface area (Å²) in [4.78, 5) is 17.5. The Kier molecular flexibility index (Phi) is 7.31. The molecular weight excluding hydrogens is 354 g/mol. The number of carbonyl (C=O) groups is 1. The van der Waals surface area contributed by atoms with E-state index in [1.165, 1.54) is 32.1 Å². The van der Waals surface area contributed by atoms with Crippen LogP contribution in [0.15, 0.2) is 18.3 Å². The molecule has 0 saturated heterocycles. The molecule has 154 valence electrons. The number of pyridine rings is 1. The number of aliphatic hydroxyl groups is 1. The Bertz CT molecular complexity index is 781. The van der Waals surface area contributed by atoms with Crippen LogP contribution in [0.1, 0.15) is 74.5 Å². The lowest BCUT2D eigenvalue weighted by Gasteiger charge is -2.21. The van der Waals surface area contributed by atoms with Gasteiger partial charge in [0, 0.05) is 6.20 Å². The zero-order valence-electron chi connectivity index (χ0n) is 17.1. The second-order valence-corrected chi connectivity index (χ2v) is 7.92. The number of ether oxygens (including phenoxy) is 1. The number of unbranched alkanes of at least 4 members (excludes halogenated alkanes) is 1. The van der Waals surface area contributed by atoms with Crippen LogP contribution in [-0.4, -0.2) is 39.7 Å². The fraction of sp³-hybridized carbons (Fsp3) is 0.636. The third-order valence-electron chi connectivity index (χ3n) is 5.66. The van der Waals surface area contributed by atoms with E-state index in [4.69, 9.17) is 4.74 Å². The van der Waals surface area contributed by atoms with Gasteiger partial charge in [-0.25, -0.2) is 4.98 Å². The molecule has 2 aromatic rings. The molecule has 1 atom stereocenters. The summed E-state index contributed by atoms with van der Waals surface area (Å²) < 4.78 is 7.91. The zero-order chi connectivity index (χ0) is 19.9. The Morgan fingerprint density at radius 2 is 2.18 bits per heavy atom. The highest BCUT2D eigenvalue weighted by atomic mass is 16.5. The molecule has 1 aliphatic rings. The first-order chi connectivity index (χ1) is 13.6. The summed E-state index contributed by atoms with van der Waals surface area (Å²) >= 11 is 0. The fourth-order valence-corrected chi connectivity index (χ4v) is 4.02. The van der Waals surface area contributed by atoms with E-state index in [0.717, 1.165) is 25.0 Å². The molecule has 0 radical (unpaired) electrons. The maximum Gasteiger partial charge on any atom is 0.270 e. The van der Waals surface area contributed by atoms with Crippen LogP contribution in [-0.2, 0) is 0 Å². The molecule has 1 fully saturated rings.